The molecule has 1 unspecified atom stereocenters. The van der Waals surface area contributed by atoms with Crippen molar-refractivity contribution in [2.45, 2.75) is 44.6 Å². The van der Waals surface area contributed by atoms with Crippen LogP contribution in [0.2, 0.25) is 0 Å². The summed E-state index contributed by atoms with van der Waals surface area (Å²) in [4.78, 5) is 22.3. The minimum absolute atomic E-state index is 0.134. The van der Waals surface area contributed by atoms with Gasteiger partial charge in [-0.15, -0.1) is 0 Å². The Morgan fingerprint density at radius 2 is 1.65 bits per heavy atom. The molecule has 2 aliphatic heterocycles. The van der Waals surface area contributed by atoms with E-state index in [1.165, 1.54) is 31.2 Å². The Morgan fingerprint density at radius 3 is 2.42 bits per heavy atom. The van der Waals surface area contributed by atoms with Gasteiger partial charge in [-0.1, -0.05) is 37.1 Å². The molecule has 1 amide bonds. The lowest BCUT2D eigenvalue weighted by molar-refractivity contribution is 0.0736. The monoisotopic (exact) mass is 349 g/mol. The second-order valence-electron chi connectivity index (χ2n) is 7.34. The number of aromatic nitrogens is 1. The summed E-state index contributed by atoms with van der Waals surface area (Å²) in [6, 6.07) is 14.0. The third-order valence-corrected chi connectivity index (χ3v) is 5.62. The molecule has 0 spiro atoms. The SMILES string of the molecule is O=C(c1ccccc1)N1CCCC1c1cccnc1N1CCCCCC1. The van der Waals surface area contributed by atoms with E-state index in [9.17, 15) is 4.79 Å². The van der Waals surface area contributed by atoms with Gasteiger partial charge in [-0.05, 0) is 43.9 Å². The number of pyridine rings is 1. The van der Waals surface area contributed by atoms with Crippen LogP contribution in [0.3, 0.4) is 0 Å². The Balaban J connectivity index is 1.63. The Bertz CT molecular complexity index is 738. The summed E-state index contributed by atoms with van der Waals surface area (Å²) in [6.45, 7) is 2.97. The van der Waals surface area contributed by atoms with E-state index in [1.54, 1.807) is 0 Å². The molecular weight excluding hydrogens is 322 g/mol. The van der Waals surface area contributed by atoms with Gasteiger partial charge in [0, 0.05) is 37.0 Å². The lowest BCUT2D eigenvalue weighted by atomic mass is 10.0. The number of benzene rings is 1. The highest BCUT2D eigenvalue weighted by molar-refractivity contribution is 5.94. The summed E-state index contributed by atoms with van der Waals surface area (Å²) in [7, 11) is 0. The second-order valence-corrected chi connectivity index (χ2v) is 7.34. The van der Waals surface area contributed by atoms with Gasteiger partial charge in [0.15, 0.2) is 0 Å². The number of rotatable bonds is 3. The molecular formula is C22H27N3O. The number of nitrogens with zero attached hydrogens (tertiary/aromatic N) is 3. The zero-order valence-electron chi connectivity index (χ0n) is 15.3. The predicted molar refractivity (Wildman–Crippen MR) is 104 cm³/mol. The number of anilines is 1. The average molecular weight is 349 g/mol. The molecule has 0 radical (unpaired) electrons. The van der Waals surface area contributed by atoms with Gasteiger partial charge < -0.3 is 9.80 Å². The standard InChI is InChI=1S/C22H27N3O/c26-22(18-10-4-3-5-11-18)25-17-9-13-20(25)19-12-8-14-23-21(19)24-15-6-1-2-7-16-24/h3-5,8,10-12,14,20H,1-2,6-7,9,13,15-17H2. The van der Waals surface area contributed by atoms with E-state index in [4.69, 9.17) is 4.98 Å². The Hall–Kier alpha value is -2.36. The minimum Gasteiger partial charge on any atom is -0.356 e. The molecule has 4 nitrogen and oxygen atoms in total. The first kappa shape index (κ1) is 17.1. The van der Waals surface area contributed by atoms with Crippen LogP contribution in [0.4, 0.5) is 5.82 Å². The summed E-state index contributed by atoms with van der Waals surface area (Å²) in [5.41, 5.74) is 2.00. The van der Waals surface area contributed by atoms with E-state index >= 15 is 0 Å². The van der Waals surface area contributed by atoms with E-state index in [1.807, 2.05) is 47.5 Å². The lowest BCUT2D eigenvalue weighted by Crippen LogP contribution is -2.33. The first-order valence-corrected chi connectivity index (χ1v) is 9.90. The van der Waals surface area contributed by atoms with Gasteiger partial charge in [-0.25, -0.2) is 4.98 Å². The van der Waals surface area contributed by atoms with Crippen molar-refractivity contribution in [2.24, 2.45) is 0 Å². The Kier molecular flexibility index (Phi) is 5.19. The van der Waals surface area contributed by atoms with E-state index in [0.717, 1.165) is 43.9 Å². The fraction of sp³-hybridized carbons (Fsp3) is 0.455. The van der Waals surface area contributed by atoms with Crippen molar-refractivity contribution in [3.63, 3.8) is 0 Å². The molecule has 26 heavy (non-hydrogen) atoms. The van der Waals surface area contributed by atoms with Crippen LogP contribution in [0.25, 0.3) is 0 Å². The van der Waals surface area contributed by atoms with Crippen molar-refractivity contribution in [1.29, 1.82) is 0 Å². The van der Waals surface area contributed by atoms with Gasteiger partial charge in [0.05, 0.1) is 6.04 Å². The first-order chi connectivity index (χ1) is 12.8. The topological polar surface area (TPSA) is 36.4 Å². The third kappa shape index (κ3) is 3.46. The lowest BCUT2D eigenvalue weighted by Gasteiger charge is -2.30. The maximum atomic E-state index is 13.1. The summed E-state index contributed by atoms with van der Waals surface area (Å²) < 4.78 is 0. The molecule has 4 rings (SSSR count). The number of amides is 1. The van der Waals surface area contributed by atoms with Crippen LogP contribution >= 0.6 is 0 Å². The van der Waals surface area contributed by atoms with E-state index in [0.29, 0.717) is 0 Å². The van der Waals surface area contributed by atoms with Gasteiger partial charge in [0.25, 0.3) is 5.91 Å². The van der Waals surface area contributed by atoms with Crippen LogP contribution in [-0.2, 0) is 0 Å². The van der Waals surface area contributed by atoms with Crippen LogP contribution in [0.15, 0.2) is 48.7 Å². The van der Waals surface area contributed by atoms with Crippen molar-refractivity contribution >= 4 is 11.7 Å². The molecule has 0 bridgehead atoms. The average Bonchev–Trinajstić information content (AvgIpc) is 3.03. The Morgan fingerprint density at radius 1 is 0.885 bits per heavy atom. The van der Waals surface area contributed by atoms with Crippen LogP contribution in [0.1, 0.15) is 60.5 Å². The van der Waals surface area contributed by atoms with Crippen molar-refractivity contribution < 1.29 is 4.79 Å². The molecule has 1 atom stereocenters. The molecule has 3 heterocycles. The van der Waals surface area contributed by atoms with Gasteiger partial charge in [-0.2, -0.15) is 0 Å². The number of hydrogen-bond acceptors (Lipinski definition) is 3. The summed E-state index contributed by atoms with van der Waals surface area (Å²) in [6.07, 6.45) is 9.03. The maximum Gasteiger partial charge on any atom is 0.254 e. The summed E-state index contributed by atoms with van der Waals surface area (Å²) in [5, 5.41) is 0. The van der Waals surface area contributed by atoms with Gasteiger partial charge in [-0.3, -0.25) is 4.79 Å². The van der Waals surface area contributed by atoms with Crippen LogP contribution in [0.5, 0.6) is 0 Å². The van der Waals surface area contributed by atoms with Gasteiger partial charge >= 0.3 is 0 Å². The van der Waals surface area contributed by atoms with Gasteiger partial charge in [0.2, 0.25) is 0 Å². The van der Waals surface area contributed by atoms with Crippen molar-refractivity contribution in [3.05, 3.63) is 59.8 Å². The third-order valence-electron chi connectivity index (χ3n) is 5.62. The first-order valence-electron chi connectivity index (χ1n) is 9.90. The van der Waals surface area contributed by atoms with Gasteiger partial charge in [0.1, 0.15) is 5.82 Å². The minimum atomic E-state index is 0.134. The fourth-order valence-corrected chi connectivity index (χ4v) is 4.30. The molecule has 1 aromatic heterocycles. The smallest absolute Gasteiger partial charge is 0.254 e. The molecule has 0 N–H and O–H groups in total. The molecule has 4 heteroatoms. The second kappa shape index (κ2) is 7.90. The predicted octanol–water partition coefficient (Wildman–Crippen LogP) is 4.44. The van der Waals surface area contributed by atoms with Crippen molar-refractivity contribution in [3.8, 4) is 0 Å². The summed E-state index contributed by atoms with van der Waals surface area (Å²) >= 11 is 0. The Labute approximate surface area is 155 Å². The number of hydrogen-bond donors (Lipinski definition) is 0. The maximum absolute atomic E-state index is 13.1. The van der Waals surface area contributed by atoms with Crippen LogP contribution in [-0.4, -0.2) is 35.4 Å². The molecule has 0 saturated carbocycles. The zero-order chi connectivity index (χ0) is 17.8. The molecule has 136 valence electrons. The highest BCUT2D eigenvalue weighted by Gasteiger charge is 2.33. The molecule has 2 aliphatic rings. The number of carbonyl (C=O) groups is 1. The normalized spacial score (nSPS) is 20.8. The zero-order valence-corrected chi connectivity index (χ0v) is 15.3. The molecule has 2 fully saturated rings. The quantitative estimate of drug-likeness (QED) is 0.822. The fourth-order valence-electron chi connectivity index (χ4n) is 4.30. The van der Waals surface area contributed by atoms with E-state index < -0.39 is 0 Å². The molecule has 2 aromatic rings. The van der Waals surface area contributed by atoms with Crippen LogP contribution < -0.4 is 4.90 Å². The highest BCUT2D eigenvalue weighted by atomic mass is 16.2. The molecule has 2 saturated heterocycles. The number of carbonyl (C=O) groups excluding carboxylic acids is 1. The van der Waals surface area contributed by atoms with E-state index in [2.05, 4.69) is 11.0 Å². The van der Waals surface area contributed by atoms with Crippen molar-refractivity contribution in [1.82, 2.24) is 9.88 Å². The molecule has 1 aromatic carbocycles. The van der Waals surface area contributed by atoms with E-state index in [-0.39, 0.29) is 11.9 Å². The number of likely N-dealkylation sites (tertiary alicyclic amines) is 1. The largest absolute Gasteiger partial charge is 0.356 e. The van der Waals surface area contributed by atoms with Crippen LogP contribution in [0, 0.1) is 0 Å². The molecule has 0 aliphatic carbocycles. The van der Waals surface area contributed by atoms with Crippen molar-refractivity contribution in [2.75, 3.05) is 24.5 Å². The highest BCUT2D eigenvalue weighted by Crippen LogP contribution is 2.37. The summed E-state index contributed by atoms with van der Waals surface area (Å²) in [5.74, 6) is 1.23.